The molecule has 2 aliphatic heterocycles. The van der Waals surface area contributed by atoms with Crippen molar-refractivity contribution in [3.63, 3.8) is 0 Å². The van der Waals surface area contributed by atoms with E-state index in [2.05, 4.69) is 25.9 Å². The standard InChI is InChI=1S/C25H32N6O3/c32-15-9-22(20-16-19-4-1-2-5-21(19)29-17-20)30-24(34)18-7-13-31(14-8-18)23(33)6-3-10-26-25-27-11-12-28-25/h1-2,4-5,15-18,22H,3,6-14H2,(H,30,34)(H2,26,27,28)/t22-/m0/s1. The van der Waals surface area contributed by atoms with Gasteiger partial charge in [-0.2, -0.15) is 0 Å². The lowest BCUT2D eigenvalue weighted by Crippen LogP contribution is -2.44. The number of carbonyl (C=O) groups is 3. The number of aldehydes is 1. The lowest BCUT2D eigenvalue weighted by atomic mass is 9.94. The summed E-state index contributed by atoms with van der Waals surface area (Å²) in [5.41, 5.74) is 1.69. The zero-order chi connectivity index (χ0) is 23.8. The number of aromatic nitrogens is 1. The van der Waals surface area contributed by atoms with Gasteiger partial charge in [-0.3, -0.25) is 19.6 Å². The Morgan fingerprint density at radius 3 is 2.82 bits per heavy atom. The molecule has 0 saturated carbocycles. The molecule has 9 heteroatoms. The fourth-order valence-electron chi connectivity index (χ4n) is 4.45. The van der Waals surface area contributed by atoms with Gasteiger partial charge < -0.3 is 25.6 Å². The third-order valence-electron chi connectivity index (χ3n) is 6.41. The number of guanidine groups is 1. The Hall–Kier alpha value is -3.49. The highest BCUT2D eigenvalue weighted by molar-refractivity contribution is 5.82. The first-order valence-corrected chi connectivity index (χ1v) is 12.0. The largest absolute Gasteiger partial charge is 0.356 e. The molecule has 1 saturated heterocycles. The Morgan fingerprint density at radius 1 is 1.24 bits per heavy atom. The van der Waals surface area contributed by atoms with Crippen molar-refractivity contribution in [3.05, 3.63) is 42.1 Å². The Balaban J connectivity index is 1.24. The summed E-state index contributed by atoms with van der Waals surface area (Å²) in [6.45, 7) is 3.51. The van der Waals surface area contributed by atoms with Gasteiger partial charge in [0.25, 0.3) is 0 Å². The number of hydrogen-bond acceptors (Lipinski definition) is 7. The molecule has 0 spiro atoms. The second-order valence-corrected chi connectivity index (χ2v) is 8.77. The van der Waals surface area contributed by atoms with Crippen LogP contribution < -0.4 is 16.0 Å². The predicted molar refractivity (Wildman–Crippen MR) is 130 cm³/mol. The quantitative estimate of drug-likeness (QED) is 0.383. The maximum absolute atomic E-state index is 13.0. The molecule has 180 valence electrons. The third-order valence-corrected chi connectivity index (χ3v) is 6.41. The highest BCUT2D eigenvalue weighted by Gasteiger charge is 2.28. The molecule has 0 bridgehead atoms. The van der Waals surface area contributed by atoms with E-state index in [9.17, 15) is 14.4 Å². The van der Waals surface area contributed by atoms with E-state index in [0.29, 0.717) is 38.9 Å². The van der Waals surface area contributed by atoms with Crippen molar-refractivity contribution in [2.75, 3.05) is 32.7 Å². The van der Waals surface area contributed by atoms with Gasteiger partial charge in [0, 0.05) is 56.5 Å². The van der Waals surface area contributed by atoms with Crippen LogP contribution in [0.25, 0.3) is 10.9 Å². The van der Waals surface area contributed by atoms with E-state index in [1.165, 1.54) is 0 Å². The number of piperidine rings is 1. The van der Waals surface area contributed by atoms with Crippen LogP contribution in [0.15, 0.2) is 41.5 Å². The first-order valence-electron chi connectivity index (χ1n) is 12.0. The summed E-state index contributed by atoms with van der Waals surface area (Å²) < 4.78 is 0. The van der Waals surface area contributed by atoms with E-state index in [-0.39, 0.29) is 24.2 Å². The molecule has 0 radical (unpaired) electrons. The minimum absolute atomic E-state index is 0.0684. The molecule has 0 aliphatic carbocycles. The van der Waals surface area contributed by atoms with Crippen molar-refractivity contribution in [1.82, 2.24) is 25.8 Å². The molecule has 4 rings (SSSR count). The summed E-state index contributed by atoms with van der Waals surface area (Å²) in [7, 11) is 0. The second-order valence-electron chi connectivity index (χ2n) is 8.77. The summed E-state index contributed by atoms with van der Waals surface area (Å²) in [6, 6.07) is 9.33. The fraction of sp³-hybridized carbons (Fsp3) is 0.480. The molecule has 2 aromatic rings. The number of pyridine rings is 1. The number of nitrogens with zero attached hydrogens (tertiary/aromatic N) is 3. The number of likely N-dealkylation sites (tertiary alicyclic amines) is 1. The van der Waals surface area contributed by atoms with Gasteiger partial charge in [-0.25, -0.2) is 0 Å². The maximum atomic E-state index is 13.0. The minimum Gasteiger partial charge on any atom is -0.356 e. The fourth-order valence-corrected chi connectivity index (χ4v) is 4.45. The van der Waals surface area contributed by atoms with Gasteiger partial charge >= 0.3 is 0 Å². The van der Waals surface area contributed by atoms with Crippen molar-refractivity contribution >= 4 is 35.0 Å². The highest BCUT2D eigenvalue weighted by atomic mass is 16.2. The number of aliphatic imine (C=N–C) groups is 1. The molecule has 1 aromatic carbocycles. The number of benzene rings is 1. The van der Waals surface area contributed by atoms with Crippen LogP contribution in [-0.4, -0.2) is 66.7 Å². The minimum atomic E-state index is -0.409. The molecule has 2 aliphatic rings. The number of nitrogens with one attached hydrogen (secondary N) is 3. The maximum Gasteiger partial charge on any atom is 0.223 e. The first kappa shape index (κ1) is 23.7. The number of carbonyl (C=O) groups excluding carboxylic acids is 3. The number of rotatable bonds is 9. The molecule has 34 heavy (non-hydrogen) atoms. The zero-order valence-corrected chi connectivity index (χ0v) is 19.3. The summed E-state index contributed by atoms with van der Waals surface area (Å²) in [5.74, 6) is 0.704. The van der Waals surface area contributed by atoms with Gasteiger partial charge in [0.1, 0.15) is 6.29 Å². The number of amides is 2. The van der Waals surface area contributed by atoms with E-state index in [1.807, 2.05) is 35.2 Å². The van der Waals surface area contributed by atoms with Crippen LogP contribution in [-0.2, 0) is 14.4 Å². The Kier molecular flexibility index (Phi) is 8.06. The summed E-state index contributed by atoms with van der Waals surface area (Å²) in [6.07, 6.45) is 5.22. The van der Waals surface area contributed by atoms with Crippen LogP contribution in [0.5, 0.6) is 0 Å². The average molecular weight is 465 g/mol. The van der Waals surface area contributed by atoms with Gasteiger partial charge in [0.05, 0.1) is 18.1 Å². The molecular formula is C25H32N6O3. The van der Waals surface area contributed by atoms with E-state index in [1.54, 1.807) is 6.20 Å². The van der Waals surface area contributed by atoms with Gasteiger partial charge in [0.15, 0.2) is 5.96 Å². The van der Waals surface area contributed by atoms with Crippen molar-refractivity contribution in [1.29, 1.82) is 0 Å². The third kappa shape index (κ3) is 6.09. The number of hydrogen-bond donors (Lipinski definition) is 3. The van der Waals surface area contributed by atoms with Crippen molar-refractivity contribution < 1.29 is 14.4 Å². The van der Waals surface area contributed by atoms with Gasteiger partial charge in [-0.1, -0.05) is 18.2 Å². The highest BCUT2D eigenvalue weighted by Crippen LogP contribution is 2.23. The lowest BCUT2D eigenvalue weighted by Gasteiger charge is -2.32. The normalized spacial score (nSPS) is 17.1. The molecular weight excluding hydrogens is 432 g/mol. The SMILES string of the molecule is O=CC[C@H](NC(=O)C1CCN(C(=O)CCCNC2=NCCN2)CC1)c1cnc2ccccc2c1. The molecule has 0 unspecified atom stereocenters. The molecule has 3 N–H and O–H groups in total. The zero-order valence-electron chi connectivity index (χ0n) is 19.3. The van der Waals surface area contributed by atoms with E-state index in [0.717, 1.165) is 48.2 Å². The molecule has 2 amide bonds. The molecule has 1 aromatic heterocycles. The average Bonchev–Trinajstić information content (AvgIpc) is 3.39. The van der Waals surface area contributed by atoms with Gasteiger partial charge in [0.2, 0.25) is 11.8 Å². The molecule has 1 atom stereocenters. The van der Waals surface area contributed by atoms with Crippen LogP contribution in [0.4, 0.5) is 0 Å². The van der Waals surface area contributed by atoms with Gasteiger partial charge in [-0.05, 0) is 37.0 Å². The van der Waals surface area contributed by atoms with E-state index in [4.69, 9.17) is 0 Å². The molecule has 3 heterocycles. The first-order chi connectivity index (χ1) is 16.6. The topological polar surface area (TPSA) is 116 Å². The number of fused-ring (bicyclic) bond motifs is 1. The van der Waals surface area contributed by atoms with Crippen molar-refractivity contribution in [3.8, 4) is 0 Å². The molecule has 9 nitrogen and oxygen atoms in total. The Labute approximate surface area is 199 Å². The smallest absolute Gasteiger partial charge is 0.223 e. The van der Waals surface area contributed by atoms with Crippen LogP contribution in [0.2, 0.25) is 0 Å². The molecule has 1 fully saturated rings. The van der Waals surface area contributed by atoms with Crippen LogP contribution in [0.1, 0.15) is 43.7 Å². The van der Waals surface area contributed by atoms with E-state index < -0.39 is 6.04 Å². The second kappa shape index (κ2) is 11.6. The summed E-state index contributed by atoms with van der Waals surface area (Å²) >= 11 is 0. The van der Waals surface area contributed by atoms with Crippen LogP contribution in [0.3, 0.4) is 0 Å². The van der Waals surface area contributed by atoms with Crippen LogP contribution >= 0.6 is 0 Å². The van der Waals surface area contributed by atoms with Crippen LogP contribution in [0, 0.1) is 5.92 Å². The summed E-state index contributed by atoms with van der Waals surface area (Å²) in [5, 5.41) is 10.4. The predicted octanol–water partition coefficient (Wildman–Crippen LogP) is 1.55. The Morgan fingerprint density at radius 2 is 2.06 bits per heavy atom. The van der Waals surface area contributed by atoms with E-state index >= 15 is 0 Å². The monoisotopic (exact) mass is 464 g/mol. The van der Waals surface area contributed by atoms with Gasteiger partial charge in [-0.15, -0.1) is 0 Å². The Bertz CT molecular complexity index is 1050. The number of para-hydroxylation sites is 1. The lowest BCUT2D eigenvalue weighted by molar-refractivity contribution is -0.136. The van der Waals surface area contributed by atoms with Crippen molar-refractivity contribution in [2.45, 2.75) is 38.1 Å². The van der Waals surface area contributed by atoms with Crippen molar-refractivity contribution in [2.24, 2.45) is 10.9 Å². The summed E-state index contributed by atoms with van der Waals surface area (Å²) in [4.78, 5) is 47.4.